The molecule has 4 rings (SSSR count). The number of halogens is 12. The van der Waals surface area contributed by atoms with E-state index in [4.69, 9.17) is 20.4 Å². The molecule has 0 fully saturated rings. The van der Waals surface area contributed by atoms with Gasteiger partial charge in [0.1, 0.15) is 23.0 Å². The minimum Gasteiger partial charge on any atom is -0.506 e. The molecule has 0 aliphatic carbocycles. The van der Waals surface area contributed by atoms with Gasteiger partial charge in [-0.3, -0.25) is 19.2 Å². The molecule has 0 atom stereocenters. The van der Waals surface area contributed by atoms with Crippen molar-refractivity contribution in [1.29, 1.82) is 0 Å². The van der Waals surface area contributed by atoms with Crippen LogP contribution in [-0.2, 0) is 19.2 Å². The zero-order valence-electron chi connectivity index (χ0n) is 40.1. The summed E-state index contributed by atoms with van der Waals surface area (Å²) in [7, 11) is 0. The fraction of sp³-hybridized carbons (Fsp3) is 0.417. The van der Waals surface area contributed by atoms with Crippen LogP contribution in [0.1, 0.15) is 98.6 Å². The van der Waals surface area contributed by atoms with Crippen molar-refractivity contribution < 1.29 is 146 Å². The Kier molecular flexibility index (Phi) is 35.6. The zero-order valence-corrected chi connectivity index (χ0v) is 45.8. The van der Waals surface area contributed by atoms with Crippen molar-refractivity contribution in [1.82, 2.24) is 0 Å². The number of allylic oxidation sites excluding steroid dienone is 4. The summed E-state index contributed by atoms with van der Waals surface area (Å²) < 4.78 is 142. The van der Waals surface area contributed by atoms with Gasteiger partial charge in [-0.25, -0.2) is 0 Å². The average molecular weight is 1280 g/mol. The largest absolute Gasteiger partial charge is 0.506 e. The Bertz CT molecular complexity index is 1990. The van der Waals surface area contributed by atoms with Crippen LogP contribution >= 0.6 is 45.3 Å². The fourth-order valence-corrected chi connectivity index (χ4v) is 8.01. The van der Waals surface area contributed by atoms with Crippen molar-refractivity contribution in [2.24, 2.45) is 0 Å². The Morgan fingerprint density at radius 3 is 0.703 bits per heavy atom. The summed E-state index contributed by atoms with van der Waals surface area (Å²) in [5, 5.41) is 42.7. The number of unbranched alkanes of at least 4 members (excludes halogenated alkanes) is 4. The monoisotopic (exact) mass is 1280 g/mol. The summed E-state index contributed by atoms with van der Waals surface area (Å²) in [6.07, 6.45) is -8.01. The quantitative estimate of drug-likeness (QED) is 0.0296. The van der Waals surface area contributed by atoms with Gasteiger partial charge in [0.2, 0.25) is 0 Å². The molecule has 0 spiro atoms. The van der Waals surface area contributed by atoms with Gasteiger partial charge in [-0.1, -0.05) is 77.6 Å². The smallest absolute Gasteiger partial charge is 0.454 e. The minimum absolute atomic E-state index is 0. The molecule has 0 saturated heterocycles. The maximum atomic E-state index is 11.7. The molecule has 0 saturated carbocycles. The number of ketones is 4. The van der Waals surface area contributed by atoms with E-state index in [1.807, 2.05) is 0 Å². The third kappa shape index (κ3) is 30.8. The molecule has 26 heteroatoms. The summed E-state index contributed by atoms with van der Waals surface area (Å²) >= 11 is 4.18. The molecule has 0 aliphatic rings. The summed E-state index contributed by atoms with van der Waals surface area (Å²) in [4.78, 5) is 42.6. The fourth-order valence-electron chi connectivity index (χ4n) is 5.45. The third-order valence-corrected chi connectivity index (χ3v) is 12.8. The molecule has 4 aromatic heterocycles. The second-order valence-electron chi connectivity index (χ2n) is 15.1. The van der Waals surface area contributed by atoms with E-state index in [1.165, 1.54) is 106 Å². The molecule has 415 valence electrons. The molecule has 0 unspecified atom stereocenters. The number of alkyl halides is 12. The zero-order chi connectivity index (χ0) is 56.1. The maximum absolute atomic E-state index is 11.7. The third-order valence-electron chi connectivity index (χ3n) is 9.23. The van der Waals surface area contributed by atoms with Crippen molar-refractivity contribution in [3.8, 4) is 0 Å². The van der Waals surface area contributed by atoms with Crippen LogP contribution in [0, 0.1) is 49.4 Å². The molecule has 4 N–H and O–H groups in total. The number of nitrogens with zero attached hydrogens (tertiary/aromatic N) is 1. The first-order chi connectivity index (χ1) is 33.9. The van der Waals surface area contributed by atoms with Gasteiger partial charge in [0, 0.05) is 73.7 Å². The van der Waals surface area contributed by atoms with Gasteiger partial charge in [-0.15, -0.1) is 45.3 Å². The van der Waals surface area contributed by atoms with Gasteiger partial charge in [0.05, 0.1) is 45.7 Å². The van der Waals surface area contributed by atoms with E-state index in [0.717, 1.165) is 45.3 Å². The number of hydrogen-bond donors (Lipinski definition) is 4. The number of carbonyl (C=O) groups is 4. The van der Waals surface area contributed by atoms with E-state index in [2.05, 4.69) is 27.7 Å². The number of aliphatic hydroxyl groups excluding tert-OH is 4. The number of rotatable bonds is 20. The molecular weight excluding hydrogens is 1230 g/mol. The van der Waals surface area contributed by atoms with Crippen LogP contribution in [0.2, 0.25) is 0 Å². The van der Waals surface area contributed by atoms with Crippen LogP contribution < -0.4 is 0 Å². The first-order valence-corrected chi connectivity index (χ1v) is 25.5. The molecule has 0 aliphatic heterocycles. The van der Waals surface area contributed by atoms with E-state index in [0.29, 0.717) is 0 Å². The van der Waals surface area contributed by atoms with Crippen molar-refractivity contribution in [2.75, 3.05) is 26.2 Å². The average Bonchev–Trinajstić information content (AvgIpc) is 4.17. The molecule has 0 bridgehead atoms. The van der Waals surface area contributed by atoms with Gasteiger partial charge in [-0.05, 0) is 71.5 Å². The van der Waals surface area contributed by atoms with Crippen LogP contribution in [0.25, 0.3) is 23.0 Å². The summed E-state index contributed by atoms with van der Waals surface area (Å²) in [6.45, 7) is 15.0. The minimum atomic E-state index is -4.94. The van der Waals surface area contributed by atoms with E-state index in [9.17, 15) is 71.9 Å². The molecule has 9 nitrogen and oxygen atoms in total. The molecule has 4 aromatic rings. The molecule has 74 heavy (non-hydrogen) atoms. The van der Waals surface area contributed by atoms with Gasteiger partial charge in [0.25, 0.3) is 23.1 Å². The van der Waals surface area contributed by atoms with Crippen LogP contribution in [-0.4, -0.2) is 98.9 Å². The predicted octanol–water partition coefficient (Wildman–Crippen LogP) is 16.1. The van der Waals surface area contributed by atoms with Crippen molar-refractivity contribution >= 4 is 91.5 Å². The topological polar surface area (TPSA) is 149 Å². The molecular formula is C48H56EuF12NO8S4+. The predicted molar refractivity (Wildman–Crippen MR) is 263 cm³/mol. The second kappa shape index (κ2) is 36.4. The molecule has 4 heterocycles. The molecule has 0 aromatic carbocycles. The molecule has 0 amide bonds. The number of quaternary nitrogens is 1. The van der Waals surface area contributed by atoms with Gasteiger partial charge < -0.3 is 24.9 Å². The van der Waals surface area contributed by atoms with E-state index >= 15 is 0 Å². The van der Waals surface area contributed by atoms with Crippen molar-refractivity contribution in [3.63, 3.8) is 0 Å². The van der Waals surface area contributed by atoms with Crippen LogP contribution in [0.15, 0.2) is 94.4 Å². The second-order valence-corrected chi connectivity index (χ2v) is 18.9. The van der Waals surface area contributed by atoms with E-state index in [-0.39, 0.29) is 93.2 Å². The van der Waals surface area contributed by atoms with Crippen LogP contribution in [0.5, 0.6) is 0 Å². The summed E-state index contributed by atoms with van der Waals surface area (Å²) in [5.74, 6) is -10.9. The van der Waals surface area contributed by atoms with Crippen molar-refractivity contribution in [3.05, 3.63) is 114 Å². The van der Waals surface area contributed by atoms with E-state index < -0.39 is 70.9 Å². The van der Waals surface area contributed by atoms with Crippen LogP contribution in [0.4, 0.5) is 52.7 Å². The first-order valence-electron chi connectivity index (χ1n) is 22.0. The standard InChI is InChI=1S/C16H36N.4C8H5F3O2S.Eu/c1-5-9-13-17(14-10-6-2,15-11-7-3)16-12-8-4;4*9-8(10,11)7(13)4-5(12)6-2-1-3-14-6;/h5-16H2,1-4H3;4*1-4,12H;/q+1;;;;;/b;4*5-4-;. The number of aliphatic hydroxyl groups is 4. The van der Waals surface area contributed by atoms with Crippen LogP contribution in [0.3, 0.4) is 0 Å². The van der Waals surface area contributed by atoms with E-state index in [1.54, 1.807) is 45.8 Å². The first kappa shape index (κ1) is 72.4. The number of hydrogen-bond acceptors (Lipinski definition) is 12. The Labute approximate surface area is 477 Å². The Hall–Kier alpha value is -3.66. The normalized spacial score (nSPS) is 12.5. The molecule has 1 radical (unpaired) electrons. The van der Waals surface area contributed by atoms with Gasteiger partial charge in [0.15, 0.2) is 0 Å². The number of thiophene rings is 4. The Balaban J connectivity index is 0. The maximum Gasteiger partial charge on any atom is 0.454 e. The van der Waals surface area contributed by atoms with Gasteiger partial charge >= 0.3 is 24.7 Å². The summed E-state index contributed by atoms with van der Waals surface area (Å²) in [6, 6.07) is 11.9. The van der Waals surface area contributed by atoms with Crippen molar-refractivity contribution in [2.45, 2.75) is 104 Å². The van der Waals surface area contributed by atoms with Gasteiger partial charge in [-0.2, -0.15) is 52.7 Å². The SMILES string of the molecule is CCCC[N+](CCCC)(CCCC)CCCC.O=C(/C=C(\O)c1cccs1)C(F)(F)F.O=C(/C=C(\O)c1cccs1)C(F)(F)F.O=C(/C=C(\O)c1cccs1)C(F)(F)F.O=C(/C=C(\O)c1cccs1)C(F)(F)F.[Eu]. The summed E-state index contributed by atoms with van der Waals surface area (Å²) in [5.41, 5.74) is 0. The Morgan fingerprint density at radius 2 is 0.581 bits per heavy atom. The Morgan fingerprint density at radius 1 is 0.405 bits per heavy atom. The number of carbonyl (C=O) groups excluding carboxylic acids is 4.